The maximum Gasteiger partial charge on any atom is 0.146 e. The van der Waals surface area contributed by atoms with E-state index in [9.17, 15) is 0 Å². The van der Waals surface area contributed by atoms with Crippen molar-refractivity contribution in [3.05, 3.63) is 58.6 Å². The first-order chi connectivity index (χ1) is 9.56. The molecule has 2 nitrogen and oxygen atoms in total. The van der Waals surface area contributed by atoms with Gasteiger partial charge < -0.3 is 10.1 Å². The van der Waals surface area contributed by atoms with Crippen molar-refractivity contribution < 1.29 is 4.74 Å². The fourth-order valence-electron chi connectivity index (χ4n) is 1.83. The lowest BCUT2D eigenvalue weighted by atomic mass is 10.1. The van der Waals surface area contributed by atoms with Gasteiger partial charge in [0.2, 0.25) is 0 Å². The average Bonchev–Trinajstić information content (AvgIpc) is 2.42. The normalized spacial score (nSPS) is 10.8. The van der Waals surface area contributed by atoms with Crippen LogP contribution in [0.3, 0.4) is 0 Å². The molecular weight excluding hydrogens is 270 g/mol. The molecule has 0 aromatic heterocycles. The monoisotopic (exact) mass is 289 g/mol. The Bertz CT molecular complexity index is 581. The molecule has 20 heavy (non-hydrogen) atoms. The lowest BCUT2D eigenvalue weighted by Gasteiger charge is -2.13. The summed E-state index contributed by atoms with van der Waals surface area (Å²) in [5.41, 5.74) is 2.30. The van der Waals surface area contributed by atoms with E-state index in [1.807, 2.05) is 31.2 Å². The molecule has 0 spiro atoms. The predicted octanol–water partition coefficient (Wildman–Crippen LogP) is 4.94. The third-order valence-electron chi connectivity index (χ3n) is 3.02. The Hall–Kier alpha value is -1.51. The molecule has 0 aliphatic rings. The summed E-state index contributed by atoms with van der Waals surface area (Å²) in [6, 6.07) is 14.2. The Labute approximate surface area is 125 Å². The lowest BCUT2D eigenvalue weighted by molar-refractivity contribution is 0.477. The van der Waals surface area contributed by atoms with Crippen LogP contribution in [-0.2, 0) is 6.54 Å². The first-order valence-corrected chi connectivity index (χ1v) is 7.19. The number of hydrogen-bond acceptors (Lipinski definition) is 2. The number of halogens is 1. The smallest absolute Gasteiger partial charge is 0.146 e. The standard InChI is InChI=1S/C17H20ClNO/c1-12(2)19-11-14-9-8-13(3)17(10-14)20-16-7-5-4-6-15(16)18/h4-10,12,19H,11H2,1-3H3. The van der Waals surface area contributed by atoms with Gasteiger partial charge in [-0.3, -0.25) is 0 Å². The molecule has 2 rings (SSSR count). The van der Waals surface area contributed by atoms with Crippen LogP contribution in [0.25, 0.3) is 0 Å². The van der Waals surface area contributed by atoms with Crippen molar-refractivity contribution in [1.29, 1.82) is 0 Å². The first kappa shape index (κ1) is 14.9. The van der Waals surface area contributed by atoms with Gasteiger partial charge in [0.1, 0.15) is 11.5 Å². The summed E-state index contributed by atoms with van der Waals surface area (Å²) in [6.07, 6.45) is 0. The molecule has 0 heterocycles. The number of hydrogen-bond donors (Lipinski definition) is 1. The van der Waals surface area contributed by atoms with Crippen LogP contribution in [-0.4, -0.2) is 6.04 Å². The van der Waals surface area contributed by atoms with Crippen molar-refractivity contribution in [1.82, 2.24) is 5.32 Å². The molecule has 0 saturated carbocycles. The topological polar surface area (TPSA) is 21.3 Å². The van der Waals surface area contributed by atoms with Crippen molar-refractivity contribution in [3.8, 4) is 11.5 Å². The lowest BCUT2D eigenvalue weighted by Crippen LogP contribution is -2.21. The molecule has 0 fully saturated rings. The molecule has 0 unspecified atom stereocenters. The zero-order chi connectivity index (χ0) is 14.5. The summed E-state index contributed by atoms with van der Waals surface area (Å²) in [5, 5.41) is 4.02. The van der Waals surface area contributed by atoms with Crippen LogP contribution in [0.15, 0.2) is 42.5 Å². The number of aryl methyl sites for hydroxylation is 1. The van der Waals surface area contributed by atoms with Crippen LogP contribution in [0, 0.1) is 6.92 Å². The Balaban J connectivity index is 2.18. The Morgan fingerprint density at radius 2 is 1.85 bits per heavy atom. The van der Waals surface area contributed by atoms with Gasteiger partial charge in [0.25, 0.3) is 0 Å². The van der Waals surface area contributed by atoms with E-state index in [4.69, 9.17) is 16.3 Å². The highest BCUT2D eigenvalue weighted by Gasteiger charge is 2.06. The number of nitrogens with one attached hydrogen (secondary N) is 1. The number of benzene rings is 2. The zero-order valence-corrected chi connectivity index (χ0v) is 12.9. The largest absolute Gasteiger partial charge is 0.456 e. The third kappa shape index (κ3) is 3.99. The van der Waals surface area contributed by atoms with Crippen molar-refractivity contribution in [3.63, 3.8) is 0 Å². The molecule has 3 heteroatoms. The zero-order valence-electron chi connectivity index (χ0n) is 12.1. The van der Waals surface area contributed by atoms with Gasteiger partial charge in [-0.05, 0) is 36.2 Å². The van der Waals surface area contributed by atoms with Crippen molar-refractivity contribution in [2.45, 2.75) is 33.4 Å². The SMILES string of the molecule is Cc1ccc(CNC(C)C)cc1Oc1ccccc1Cl. The maximum atomic E-state index is 6.13. The van der Waals surface area contributed by atoms with Crippen LogP contribution in [0.5, 0.6) is 11.5 Å². The minimum Gasteiger partial charge on any atom is -0.456 e. The van der Waals surface area contributed by atoms with E-state index in [1.165, 1.54) is 5.56 Å². The van der Waals surface area contributed by atoms with Crippen molar-refractivity contribution in [2.75, 3.05) is 0 Å². The van der Waals surface area contributed by atoms with Gasteiger partial charge in [0, 0.05) is 12.6 Å². The number of ether oxygens (including phenoxy) is 1. The van der Waals surface area contributed by atoms with E-state index in [-0.39, 0.29) is 0 Å². The first-order valence-electron chi connectivity index (χ1n) is 6.81. The highest BCUT2D eigenvalue weighted by Crippen LogP contribution is 2.31. The summed E-state index contributed by atoms with van der Waals surface area (Å²) in [5.74, 6) is 1.53. The molecule has 2 aromatic rings. The second-order valence-electron chi connectivity index (χ2n) is 5.17. The number of para-hydroxylation sites is 1. The Kier molecular flexibility index (Phi) is 5.05. The molecule has 0 bridgehead atoms. The van der Waals surface area contributed by atoms with Crippen molar-refractivity contribution in [2.24, 2.45) is 0 Å². The summed E-state index contributed by atoms with van der Waals surface area (Å²) >= 11 is 6.13. The fourth-order valence-corrected chi connectivity index (χ4v) is 2.01. The highest BCUT2D eigenvalue weighted by molar-refractivity contribution is 6.32. The van der Waals surface area contributed by atoms with E-state index < -0.39 is 0 Å². The molecule has 0 saturated heterocycles. The van der Waals surface area contributed by atoms with Crippen LogP contribution < -0.4 is 10.1 Å². The average molecular weight is 290 g/mol. The van der Waals surface area contributed by atoms with Crippen LogP contribution in [0.1, 0.15) is 25.0 Å². The molecule has 0 atom stereocenters. The number of rotatable bonds is 5. The van der Waals surface area contributed by atoms with Crippen molar-refractivity contribution >= 4 is 11.6 Å². The highest BCUT2D eigenvalue weighted by atomic mass is 35.5. The van der Waals surface area contributed by atoms with Gasteiger partial charge in [-0.25, -0.2) is 0 Å². The summed E-state index contributed by atoms with van der Waals surface area (Å²) in [6.45, 7) is 7.13. The van der Waals surface area contributed by atoms with E-state index in [0.717, 1.165) is 17.9 Å². The van der Waals surface area contributed by atoms with Gasteiger partial charge in [0.15, 0.2) is 0 Å². The molecule has 0 aliphatic heterocycles. The maximum absolute atomic E-state index is 6.13. The van der Waals surface area contributed by atoms with Gasteiger partial charge in [-0.15, -0.1) is 0 Å². The molecule has 0 amide bonds. The summed E-state index contributed by atoms with van der Waals surface area (Å²) < 4.78 is 5.93. The quantitative estimate of drug-likeness (QED) is 0.842. The van der Waals surface area contributed by atoms with E-state index >= 15 is 0 Å². The van der Waals surface area contributed by atoms with Crippen LogP contribution in [0.4, 0.5) is 0 Å². The van der Waals surface area contributed by atoms with Crippen LogP contribution in [0.2, 0.25) is 5.02 Å². The van der Waals surface area contributed by atoms with E-state index in [2.05, 4.69) is 37.4 Å². The van der Waals surface area contributed by atoms with E-state index in [1.54, 1.807) is 0 Å². The molecule has 106 valence electrons. The Morgan fingerprint density at radius 1 is 1.10 bits per heavy atom. The molecule has 2 aromatic carbocycles. The van der Waals surface area contributed by atoms with Gasteiger partial charge in [-0.1, -0.05) is 49.7 Å². The van der Waals surface area contributed by atoms with E-state index in [0.29, 0.717) is 16.8 Å². The second-order valence-corrected chi connectivity index (χ2v) is 5.58. The molecule has 0 radical (unpaired) electrons. The second kappa shape index (κ2) is 6.78. The predicted molar refractivity (Wildman–Crippen MR) is 84.7 cm³/mol. The van der Waals surface area contributed by atoms with Gasteiger partial charge >= 0.3 is 0 Å². The molecule has 0 aliphatic carbocycles. The molecule has 1 N–H and O–H groups in total. The molecular formula is C17H20ClNO. The summed E-state index contributed by atoms with van der Waals surface area (Å²) in [7, 11) is 0. The third-order valence-corrected chi connectivity index (χ3v) is 3.34. The van der Waals surface area contributed by atoms with Crippen LogP contribution >= 0.6 is 11.6 Å². The van der Waals surface area contributed by atoms with Gasteiger partial charge in [0.05, 0.1) is 5.02 Å². The van der Waals surface area contributed by atoms with Gasteiger partial charge in [-0.2, -0.15) is 0 Å². The fraction of sp³-hybridized carbons (Fsp3) is 0.294. The summed E-state index contributed by atoms with van der Waals surface area (Å²) in [4.78, 5) is 0. The minimum absolute atomic E-state index is 0.462. The Morgan fingerprint density at radius 3 is 2.55 bits per heavy atom. The minimum atomic E-state index is 0.462.